The number of pyridine rings is 1. The maximum absolute atomic E-state index is 9.53. The molecule has 1 aromatic carbocycles. The van der Waals surface area contributed by atoms with E-state index >= 15 is 0 Å². The summed E-state index contributed by atoms with van der Waals surface area (Å²) in [5.41, 5.74) is 2.02. The van der Waals surface area contributed by atoms with Crippen LogP contribution in [0.25, 0.3) is 22.6 Å². The lowest BCUT2D eigenvalue weighted by molar-refractivity contribution is 0.234. The third-order valence-electron chi connectivity index (χ3n) is 3.65. The molecule has 0 bridgehead atoms. The molecule has 0 spiro atoms. The van der Waals surface area contributed by atoms with Crippen molar-refractivity contribution in [2.45, 2.75) is 19.4 Å². The topological polar surface area (TPSA) is 70.9 Å². The largest absolute Gasteiger partial charge is 0.394 e. The number of nitrogens with zero attached hydrogens (tertiary/aromatic N) is 3. The fraction of sp³-hybridized carbons (Fsp3) is 0.211. The Labute approximate surface area is 151 Å². The lowest BCUT2D eigenvalue weighted by Gasteiger charge is -2.24. The van der Waals surface area contributed by atoms with Crippen molar-refractivity contribution < 1.29 is 5.11 Å². The second kappa shape index (κ2) is 7.17. The van der Waals surface area contributed by atoms with E-state index in [9.17, 15) is 5.11 Å². The van der Waals surface area contributed by atoms with Gasteiger partial charge in [0.05, 0.1) is 17.8 Å². The van der Waals surface area contributed by atoms with E-state index in [0.717, 1.165) is 16.8 Å². The average Bonchev–Trinajstić information content (AvgIpc) is 2.62. The highest BCUT2D eigenvalue weighted by Crippen LogP contribution is 2.26. The van der Waals surface area contributed by atoms with Crippen LogP contribution in [0, 0.1) is 0 Å². The molecule has 25 heavy (non-hydrogen) atoms. The normalized spacial score (nSPS) is 11.4. The maximum atomic E-state index is 9.53. The summed E-state index contributed by atoms with van der Waals surface area (Å²) < 4.78 is 0. The molecular weight excluding hydrogens is 336 g/mol. The van der Waals surface area contributed by atoms with Crippen molar-refractivity contribution in [3.63, 3.8) is 0 Å². The van der Waals surface area contributed by atoms with Crippen LogP contribution in [-0.2, 0) is 0 Å². The van der Waals surface area contributed by atoms with Crippen LogP contribution in [0.5, 0.6) is 0 Å². The van der Waals surface area contributed by atoms with Gasteiger partial charge in [-0.2, -0.15) is 0 Å². The highest BCUT2D eigenvalue weighted by atomic mass is 35.5. The van der Waals surface area contributed by atoms with Crippen LogP contribution >= 0.6 is 11.6 Å². The minimum absolute atomic E-state index is 0.0183. The van der Waals surface area contributed by atoms with Gasteiger partial charge in [-0.05, 0) is 38.1 Å². The van der Waals surface area contributed by atoms with E-state index in [1.54, 1.807) is 12.4 Å². The number of hydrogen-bond acceptors (Lipinski definition) is 5. The third kappa shape index (κ3) is 4.32. The summed E-state index contributed by atoms with van der Waals surface area (Å²) in [6.45, 7) is 3.79. The summed E-state index contributed by atoms with van der Waals surface area (Å²) in [6.07, 6.45) is 3.43. The van der Waals surface area contributed by atoms with Gasteiger partial charge in [-0.3, -0.25) is 4.98 Å². The Morgan fingerprint density at radius 2 is 1.84 bits per heavy atom. The predicted molar refractivity (Wildman–Crippen MR) is 100 cm³/mol. The number of aliphatic hydroxyl groups is 1. The minimum Gasteiger partial charge on any atom is -0.394 e. The predicted octanol–water partition coefficient (Wildman–Crippen LogP) is 4.04. The van der Waals surface area contributed by atoms with E-state index in [1.165, 1.54) is 0 Å². The van der Waals surface area contributed by atoms with Gasteiger partial charge in [-0.15, -0.1) is 0 Å². The lowest BCUT2D eigenvalue weighted by atomic mass is 10.1. The van der Waals surface area contributed by atoms with E-state index in [-0.39, 0.29) is 6.61 Å². The average molecular weight is 355 g/mol. The summed E-state index contributed by atoms with van der Waals surface area (Å²) in [6, 6.07) is 13.1. The monoisotopic (exact) mass is 354 g/mol. The standard InChI is InChI=1S/C19H19ClN4O/c1-19(2,12-25)24-17-10-16(13-5-7-15(20)8-6-13)22-18(23-17)14-4-3-9-21-11-14/h3-11,25H,12H2,1-2H3,(H,22,23,24). The second-order valence-electron chi connectivity index (χ2n) is 6.38. The SMILES string of the molecule is CC(C)(CO)Nc1cc(-c2ccc(Cl)cc2)nc(-c2cccnc2)n1. The highest BCUT2D eigenvalue weighted by Gasteiger charge is 2.18. The van der Waals surface area contributed by atoms with Crippen LogP contribution in [-0.4, -0.2) is 32.2 Å². The quantitative estimate of drug-likeness (QED) is 0.723. The van der Waals surface area contributed by atoms with Crippen molar-refractivity contribution in [3.8, 4) is 22.6 Å². The summed E-state index contributed by atoms with van der Waals surface area (Å²) >= 11 is 5.98. The molecule has 2 aromatic heterocycles. The smallest absolute Gasteiger partial charge is 0.163 e. The fourth-order valence-electron chi connectivity index (χ4n) is 2.29. The van der Waals surface area contributed by atoms with Crippen LogP contribution in [0.4, 0.5) is 5.82 Å². The molecule has 0 aliphatic heterocycles. The fourth-order valence-corrected chi connectivity index (χ4v) is 2.42. The Bertz CT molecular complexity index is 851. The number of nitrogens with one attached hydrogen (secondary N) is 1. The zero-order valence-electron chi connectivity index (χ0n) is 14.1. The van der Waals surface area contributed by atoms with Gasteiger partial charge in [0.15, 0.2) is 5.82 Å². The van der Waals surface area contributed by atoms with E-state index in [2.05, 4.69) is 20.3 Å². The summed E-state index contributed by atoms with van der Waals surface area (Å²) in [5, 5.41) is 13.5. The minimum atomic E-state index is -0.502. The first-order valence-corrected chi connectivity index (χ1v) is 8.29. The Kier molecular flexibility index (Phi) is 4.97. The third-order valence-corrected chi connectivity index (χ3v) is 3.90. The van der Waals surface area contributed by atoms with Crippen LogP contribution in [0.1, 0.15) is 13.8 Å². The summed E-state index contributed by atoms with van der Waals surface area (Å²) in [4.78, 5) is 13.4. The van der Waals surface area contributed by atoms with Gasteiger partial charge >= 0.3 is 0 Å². The number of aliphatic hydroxyl groups excluding tert-OH is 1. The first-order valence-electron chi connectivity index (χ1n) is 7.91. The van der Waals surface area contributed by atoms with Crippen molar-refractivity contribution in [2.24, 2.45) is 0 Å². The first kappa shape index (κ1) is 17.3. The van der Waals surface area contributed by atoms with E-state index < -0.39 is 5.54 Å². The van der Waals surface area contributed by atoms with Gasteiger partial charge in [0.2, 0.25) is 0 Å². The van der Waals surface area contributed by atoms with Crippen LogP contribution in [0.3, 0.4) is 0 Å². The molecule has 0 unspecified atom stereocenters. The number of hydrogen-bond donors (Lipinski definition) is 2. The molecule has 0 radical (unpaired) electrons. The molecule has 5 nitrogen and oxygen atoms in total. The summed E-state index contributed by atoms with van der Waals surface area (Å²) in [5.74, 6) is 1.20. The maximum Gasteiger partial charge on any atom is 0.163 e. The van der Waals surface area contributed by atoms with Crippen molar-refractivity contribution in [3.05, 3.63) is 59.9 Å². The van der Waals surface area contributed by atoms with Gasteiger partial charge in [-0.1, -0.05) is 23.7 Å². The molecular formula is C19H19ClN4O. The number of halogens is 1. The van der Waals surface area contributed by atoms with E-state index in [4.69, 9.17) is 11.6 Å². The Balaban J connectivity index is 2.09. The molecule has 2 N–H and O–H groups in total. The molecule has 0 aliphatic rings. The van der Waals surface area contributed by atoms with E-state index in [0.29, 0.717) is 16.7 Å². The number of anilines is 1. The van der Waals surface area contributed by atoms with Gasteiger partial charge in [0.1, 0.15) is 5.82 Å². The molecule has 3 rings (SSSR count). The van der Waals surface area contributed by atoms with Crippen molar-refractivity contribution in [1.82, 2.24) is 15.0 Å². The second-order valence-corrected chi connectivity index (χ2v) is 6.81. The molecule has 6 heteroatoms. The lowest BCUT2D eigenvalue weighted by Crippen LogP contribution is -2.35. The molecule has 128 valence electrons. The van der Waals surface area contributed by atoms with Crippen LogP contribution < -0.4 is 5.32 Å². The number of aromatic nitrogens is 3. The van der Waals surface area contributed by atoms with Crippen molar-refractivity contribution >= 4 is 17.4 Å². The van der Waals surface area contributed by atoms with Gasteiger partial charge in [0, 0.05) is 34.6 Å². The Hall–Kier alpha value is -2.50. The molecule has 0 amide bonds. The molecule has 3 aromatic rings. The van der Waals surface area contributed by atoms with E-state index in [1.807, 2.05) is 56.3 Å². The van der Waals surface area contributed by atoms with Crippen LogP contribution in [0.2, 0.25) is 5.02 Å². The highest BCUT2D eigenvalue weighted by molar-refractivity contribution is 6.30. The van der Waals surface area contributed by atoms with Gasteiger partial charge < -0.3 is 10.4 Å². The van der Waals surface area contributed by atoms with Gasteiger partial charge in [-0.25, -0.2) is 9.97 Å². The Morgan fingerprint density at radius 1 is 1.08 bits per heavy atom. The molecule has 0 aliphatic carbocycles. The van der Waals surface area contributed by atoms with Crippen molar-refractivity contribution in [1.29, 1.82) is 0 Å². The van der Waals surface area contributed by atoms with Crippen molar-refractivity contribution in [2.75, 3.05) is 11.9 Å². The zero-order valence-corrected chi connectivity index (χ0v) is 14.8. The summed E-state index contributed by atoms with van der Waals surface area (Å²) in [7, 11) is 0. The molecule has 0 saturated carbocycles. The first-order chi connectivity index (χ1) is 12.0. The molecule has 0 atom stereocenters. The molecule has 0 saturated heterocycles. The van der Waals surface area contributed by atoms with Gasteiger partial charge in [0.25, 0.3) is 0 Å². The van der Waals surface area contributed by atoms with Crippen LogP contribution in [0.15, 0.2) is 54.9 Å². The molecule has 2 heterocycles. The zero-order chi connectivity index (χ0) is 17.9. The number of rotatable bonds is 5. The number of benzene rings is 1. The Morgan fingerprint density at radius 3 is 2.48 bits per heavy atom. The molecule has 0 fully saturated rings.